The quantitative estimate of drug-likeness (QED) is 0.268. The van der Waals surface area contributed by atoms with Crippen LogP contribution >= 0.6 is 23.4 Å². The van der Waals surface area contributed by atoms with Gasteiger partial charge >= 0.3 is 0 Å². The maximum atomic E-state index is 14.2. The van der Waals surface area contributed by atoms with Crippen LogP contribution in [0.3, 0.4) is 0 Å². The lowest BCUT2D eigenvalue weighted by molar-refractivity contribution is 0.0303. The third kappa shape index (κ3) is 5.91. The van der Waals surface area contributed by atoms with E-state index >= 15 is 0 Å². The number of amides is 1. The first kappa shape index (κ1) is 24.8. The number of rotatable bonds is 6. The number of para-hydroxylation sites is 1. The van der Waals surface area contributed by atoms with Gasteiger partial charge in [-0.05, 0) is 29.8 Å². The standard InChI is InChI=1S/C26H27ClFN5O2S/c27-23-17-24(32-11-9-31(10-12-32)22-4-2-1-3-21(22)28)30-26(29-23)36-18-19-5-7-20(8-6-19)25(34)33-13-15-35-16-14-33/h1-8,17H,9-16,18H2. The summed E-state index contributed by atoms with van der Waals surface area (Å²) in [5.74, 6) is 1.27. The number of carbonyl (C=O) groups excluding carboxylic acids is 1. The van der Waals surface area contributed by atoms with Crippen LogP contribution < -0.4 is 9.80 Å². The van der Waals surface area contributed by atoms with Gasteiger partial charge in [0.25, 0.3) is 5.91 Å². The number of nitrogens with zero attached hydrogens (tertiary/aromatic N) is 5. The van der Waals surface area contributed by atoms with E-state index in [4.69, 9.17) is 21.3 Å². The van der Waals surface area contributed by atoms with Crippen LogP contribution in [0.15, 0.2) is 59.8 Å². The normalized spacial score (nSPS) is 16.3. The molecule has 2 aliphatic rings. The van der Waals surface area contributed by atoms with Crippen LogP contribution in [0.5, 0.6) is 0 Å². The van der Waals surface area contributed by atoms with Gasteiger partial charge in [-0.15, -0.1) is 0 Å². The van der Waals surface area contributed by atoms with Gasteiger partial charge in [0, 0.05) is 56.7 Å². The van der Waals surface area contributed by atoms with Crippen LogP contribution in [0, 0.1) is 5.82 Å². The summed E-state index contributed by atoms with van der Waals surface area (Å²) in [5, 5.41) is 0.994. The second-order valence-electron chi connectivity index (χ2n) is 8.65. The number of halogens is 2. The number of piperazine rings is 1. The zero-order valence-corrected chi connectivity index (χ0v) is 21.3. The lowest BCUT2D eigenvalue weighted by atomic mass is 10.1. The first-order valence-corrected chi connectivity index (χ1v) is 13.3. The summed E-state index contributed by atoms with van der Waals surface area (Å²) < 4.78 is 19.5. The van der Waals surface area contributed by atoms with Gasteiger partial charge in [0.15, 0.2) is 5.16 Å². The number of ether oxygens (including phenoxy) is 1. The van der Waals surface area contributed by atoms with Gasteiger partial charge in [0.05, 0.1) is 18.9 Å². The second-order valence-corrected chi connectivity index (χ2v) is 9.98. The molecule has 0 radical (unpaired) electrons. The van der Waals surface area contributed by atoms with Crippen LogP contribution in [0.1, 0.15) is 15.9 Å². The van der Waals surface area contributed by atoms with Gasteiger partial charge in [-0.2, -0.15) is 0 Å². The lowest BCUT2D eigenvalue weighted by Gasteiger charge is -2.36. The van der Waals surface area contributed by atoms with Gasteiger partial charge in [0.2, 0.25) is 0 Å². The van der Waals surface area contributed by atoms with Crippen LogP contribution in [0.4, 0.5) is 15.9 Å². The lowest BCUT2D eigenvalue weighted by Crippen LogP contribution is -2.47. The Hall–Kier alpha value is -2.88. The van der Waals surface area contributed by atoms with Gasteiger partial charge in [-0.25, -0.2) is 14.4 Å². The molecular weight excluding hydrogens is 501 g/mol. The Bertz CT molecular complexity index is 1200. The number of hydrogen-bond donors (Lipinski definition) is 0. The predicted octanol–water partition coefficient (Wildman–Crippen LogP) is 4.36. The average Bonchev–Trinajstić information content (AvgIpc) is 2.92. The molecule has 2 fully saturated rings. The number of aromatic nitrogens is 2. The summed E-state index contributed by atoms with van der Waals surface area (Å²) >= 11 is 7.83. The third-order valence-corrected chi connectivity index (χ3v) is 7.44. The fourth-order valence-electron chi connectivity index (χ4n) is 4.34. The molecule has 0 atom stereocenters. The van der Waals surface area contributed by atoms with Crippen LogP contribution in [-0.2, 0) is 10.5 Å². The van der Waals surface area contributed by atoms with E-state index in [1.54, 1.807) is 12.1 Å². The largest absolute Gasteiger partial charge is 0.378 e. The summed E-state index contributed by atoms with van der Waals surface area (Å²) in [6, 6.07) is 16.3. The van der Waals surface area contributed by atoms with E-state index in [2.05, 4.69) is 14.8 Å². The molecule has 3 heterocycles. The number of anilines is 2. The minimum Gasteiger partial charge on any atom is -0.378 e. The molecule has 2 aliphatic heterocycles. The SMILES string of the molecule is O=C(c1ccc(CSc2nc(Cl)cc(N3CCN(c4ccccc4F)CC3)n2)cc1)N1CCOCC1. The summed E-state index contributed by atoms with van der Waals surface area (Å²) in [7, 11) is 0. The van der Waals surface area contributed by atoms with E-state index in [-0.39, 0.29) is 11.7 Å². The minimum absolute atomic E-state index is 0.0374. The topological polar surface area (TPSA) is 61.8 Å². The first-order chi connectivity index (χ1) is 17.6. The molecule has 0 unspecified atom stereocenters. The van der Waals surface area contributed by atoms with Crippen molar-refractivity contribution in [2.75, 3.05) is 62.3 Å². The number of carbonyl (C=O) groups is 1. The van der Waals surface area contributed by atoms with Crippen molar-refractivity contribution in [2.45, 2.75) is 10.9 Å². The van der Waals surface area contributed by atoms with Gasteiger partial charge in [0.1, 0.15) is 16.8 Å². The van der Waals surface area contributed by atoms with Gasteiger partial charge in [-0.3, -0.25) is 4.79 Å². The van der Waals surface area contributed by atoms with Crippen molar-refractivity contribution < 1.29 is 13.9 Å². The molecule has 0 saturated carbocycles. The summed E-state index contributed by atoms with van der Waals surface area (Å²) in [6.07, 6.45) is 0. The van der Waals surface area contributed by atoms with Crippen molar-refractivity contribution >= 4 is 40.8 Å². The minimum atomic E-state index is -0.201. The monoisotopic (exact) mass is 527 g/mol. The van der Waals surface area contributed by atoms with Gasteiger partial charge < -0.3 is 19.4 Å². The highest BCUT2D eigenvalue weighted by molar-refractivity contribution is 7.98. The summed E-state index contributed by atoms with van der Waals surface area (Å²) in [6.45, 7) is 5.24. The highest BCUT2D eigenvalue weighted by Crippen LogP contribution is 2.27. The van der Waals surface area contributed by atoms with E-state index in [0.717, 1.165) is 11.4 Å². The molecule has 1 aromatic heterocycles. The number of hydrogen-bond acceptors (Lipinski definition) is 7. The van der Waals surface area contributed by atoms with Crippen molar-refractivity contribution in [3.05, 3.63) is 76.7 Å². The molecule has 2 saturated heterocycles. The Kier molecular flexibility index (Phi) is 7.89. The average molecular weight is 528 g/mol. The molecular formula is C26H27ClFN5O2S. The second kappa shape index (κ2) is 11.5. The zero-order chi connectivity index (χ0) is 24.9. The molecule has 0 spiro atoms. The Morgan fingerprint density at radius 2 is 1.64 bits per heavy atom. The maximum Gasteiger partial charge on any atom is 0.254 e. The summed E-state index contributed by atoms with van der Waals surface area (Å²) in [5.41, 5.74) is 2.38. The van der Waals surface area contributed by atoms with E-state index in [9.17, 15) is 9.18 Å². The molecule has 2 aromatic carbocycles. The molecule has 0 N–H and O–H groups in total. The molecule has 36 heavy (non-hydrogen) atoms. The molecule has 7 nitrogen and oxygen atoms in total. The van der Waals surface area contributed by atoms with E-state index in [1.165, 1.54) is 17.8 Å². The summed E-state index contributed by atoms with van der Waals surface area (Å²) in [4.78, 5) is 27.8. The molecule has 0 aliphatic carbocycles. The van der Waals surface area contributed by atoms with Crippen LogP contribution in [0.25, 0.3) is 0 Å². The predicted molar refractivity (Wildman–Crippen MR) is 141 cm³/mol. The number of benzene rings is 2. The molecule has 0 bridgehead atoms. The van der Waals surface area contributed by atoms with E-state index < -0.39 is 0 Å². The zero-order valence-electron chi connectivity index (χ0n) is 19.8. The van der Waals surface area contributed by atoms with Crippen molar-refractivity contribution in [3.8, 4) is 0 Å². The molecule has 3 aromatic rings. The Balaban J connectivity index is 1.18. The van der Waals surface area contributed by atoms with Crippen LogP contribution in [-0.4, -0.2) is 73.3 Å². The molecule has 188 valence electrons. The third-order valence-electron chi connectivity index (χ3n) is 6.32. The van der Waals surface area contributed by atoms with Crippen molar-refractivity contribution in [1.29, 1.82) is 0 Å². The molecule has 10 heteroatoms. The van der Waals surface area contributed by atoms with E-state index in [1.807, 2.05) is 41.3 Å². The Morgan fingerprint density at radius 3 is 2.36 bits per heavy atom. The number of thioether (sulfide) groups is 1. The fourth-order valence-corrected chi connectivity index (χ4v) is 5.37. The van der Waals surface area contributed by atoms with Crippen molar-refractivity contribution in [3.63, 3.8) is 0 Å². The smallest absolute Gasteiger partial charge is 0.254 e. The van der Waals surface area contributed by atoms with Crippen molar-refractivity contribution in [2.24, 2.45) is 0 Å². The van der Waals surface area contributed by atoms with E-state index in [0.29, 0.717) is 79.8 Å². The first-order valence-electron chi connectivity index (χ1n) is 11.9. The molecule has 1 amide bonds. The number of morpholine rings is 1. The highest BCUT2D eigenvalue weighted by Gasteiger charge is 2.22. The Labute approximate surface area is 219 Å². The molecule has 5 rings (SSSR count). The Morgan fingerprint density at radius 1 is 0.944 bits per heavy atom. The van der Waals surface area contributed by atoms with Crippen molar-refractivity contribution in [1.82, 2.24) is 14.9 Å². The fraction of sp³-hybridized carbons (Fsp3) is 0.346. The van der Waals surface area contributed by atoms with Gasteiger partial charge in [-0.1, -0.05) is 47.6 Å². The van der Waals surface area contributed by atoms with Crippen LogP contribution in [0.2, 0.25) is 5.15 Å². The highest BCUT2D eigenvalue weighted by atomic mass is 35.5. The maximum absolute atomic E-state index is 14.2.